The number of hydrogen-bond donors (Lipinski definition) is 1. The van der Waals surface area contributed by atoms with Gasteiger partial charge >= 0.3 is 29.6 Å². The van der Waals surface area contributed by atoms with Crippen LogP contribution in [0.2, 0.25) is 0 Å². The number of nitrogens with two attached hydrogens (primary N) is 1. The molecule has 68 valence electrons. The van der Waals surface area contributed by atoms with Gasteiger partial charge in [-0.05, 0) is 18.6 Å². The quantitative estimate of drug-likeness (QED) is 0.233. The second kappa shape index (κ2) is 5.14. The van der Waals surface area contributed by atoms with E-state index in [2.05, 4.69) is 0 Å². The summed E-state index contributed by atoms with van der Waals surface area (Å²) >= 11 is 0. The molecule has 2 N–H and O–H groups in total. The molecule has 0 aromatic heterocycles. The number of benzene rings is 1. The Balaban J connectivity index is 0.00000169. The number of carbonyl (C=O) groups is 2. The van der Waals surface area contributed by atoms with Crippen molar-refractivity contribution in [2.75, 3.05) is 5.73 Å². The van der Waals surface area contributed by atoms with Crippen molar-refractivity contribution in [3.63, 3.8) is 0 Å². The van der Waals surface area contributed by atoms with E-state index < -0.39 is 11.8 Å². The molecular weight excluding hydrogens is 193 g/mol. The fourth-order valence-corrected chi connectivity index (χ4v) is 0.989. The van der Waals surface area contributed by atoms with Crippen LogP contribution in [0.3, 0.4) is 0 Å². The first-order chi connectivity index (χ1) is 6.04. The molecule has 0 bridgehead atoms. The molecule has 0 atom stereocenters. The van der Waals surface area contributed by atoms with Crippen LogP contribution < -0.4 is 40.4 Å². The SMILES string of the molecule is Cc1cccc(C(=O)C(=O)[O-])c1N.[Na+]. The Morgan fingerprint density at radius 1 is 1.36 bits per heavy atom. The fraction of sp³-hybridized carbons (Fsp3) is 0.111. The average molecular weight is 201 g/mol. The van der Waals surface area contributed by atoms with Gasteiger partial charge in [-0.15, -0.1) is 0 Å². The van der Waals surface area contributed by atoms with Crippen LogP contribution in [0.25, 0.3) is 0 Å². The molecular formula is C9H8NNaO3. The standard InChI is InChI=1S/C9H9NO3.Na/c1-5-3-2-4-6(7(5)10)8(11)9(12)13;/h2-4H,10H2,1H3,(H,12,13);/q;+1/p-1. The Kier molecular flexibility index (Phi) is 4.83. The van der Waals surface area contributed by atoms with Gasteiger partial charge in [-0.25, -0.2) is 0 Å². The van der Waals surface area contributed by atoms with Crippen LogP contribution in [0.4, 0.5) is 5.69 Å². The number of carboxylic acids is 1. The average Bonchev–Trinajstić information content (AvgIpc) is 2.08. The van der Waals surface area contributed by atoms with Crippen LogP contribution >= 0.6 is 0 Å². The van der Waals surface area contributed by atoms with Gasteiger partial charge in [0.15, 0.2) is 0 Å². The number of anilines is 1. The second-order valence-electron chi connectivity index (χ2n) is 2.65. The van der Waals surface area contributed by atoms with Gasteiger partial charge in [-0.3, -0.25) is 4.79 Å². The van der Waals surface area contributed by atoms with Crippen LogP contribution in [-0.4, -0.2) is 11.8 Å². The maximum atomic E-state index is 11.0. The summed E-state index contributed by atoms with van der Waals surface area (Å²) in [6.45, 7) is 1.70. The molecule has 0 saturated carbocycles. The van der Waals surface area contributed by atoms with Gasteiger partial charge in [0.1, 0.15) is 5.97 Å². The molecule has 1 rings (SSSR count). The van der Waals surface area contributed by atoms with Crippen molar-refractivity contribution < 1.29 is 44.3 Å². The maximum Gasteiger partial charge on any atom is 1.00 e. The van der Waals surface area contributed by atoms with Crippen LogP contribution in [-0.2, 0) is 4.79 Å². The van der Waals surface area contributed by atoms with Gasteiger partial charge in [-0.2, -0.15) is 0 Å². The Morgan fingerprint density at radius 2 is 1.93 bits per heavy atom. The van der Waals surface area contributed by atoms with Gasteiger partial charge in [0.25, 0.3) is 0 Å². The third-order valence-electron chi connectivity index (χ3n) is 1.75. The van der Waals surface area contributed by atoms with E-state index in [4.69, 9.17) is 5.73 Å². The number of carboxylic acid groups (broad SMARTS) is 1. The molecule has 0 saturated heterocycles. The summed E-state index contributed by atoms with van der Waals surface area (Å²) in [5.74, 6) is -2.82. The third kappa shape index (κ3) is 2.57. The molecule has 1 aromatic rings. The molecule has 1 aromatic carbocycles. The zero-order valence-electron chi connectivity index (χ0n) is 8.03. The van der Waals surface area contributed by atoms with E-state index in [0.29, 0.717) is 5.56 Å². The molecule has 5 heteroatoms. The van der Waals surface area contributed by atoms with E-state index in [-0.39, 0.29) is 40.8 Å². The maximum absolute atomic E-state index is 11.0. The van der Waals surface area contributed by atoms with Crippen molar-refractivity contribution in [3.8, 4) is 0 Å². The van der Waals surface area contributed by atoms with Gasteiger partial charge in [0.2, 0.25) is 5.78 Å². The minimum Gasteiger partial charge on any atom is -0.541 e. The molecule has 0 aliphatic rings. The number of nitrogen functional groups attached to an aromatic ring is 1. The van der Waals surface area contributed by atoms with Gasteiger partial charge < -0.3 is 15.6 Å². The van der Waals surface area contributed by atoms with E-state index in [0.717, 1.165) is 0 Å². The summed E-state index contributed by atoms with van der Waals surface area (Å²) in [5.41, 5.74) is 6.36. The van der Waals surface area contributed by atoms with Crippen molar-refractivity contribution in [3.05, 3.63) is 29.3 Å². The first-order valence-corrected chi connectivity index (χ1v) is 3.65. The number of hydrogen-bond acceptors (Lipinski definition) is 4. The van der Waals surface area contributed by atoms with Crippen molar-refractivity contribution in [1.82, 2.24) is 0 Å². The van der Waals surface area contributed by atoms with E-state index in [1.54, 1.807) is 19.1 Å². The number of aliphatic carboxylic acids is 1. The van der Waals surface area contributed by atoms with Crippen LogP contribution in [0, 0.1) is 6.92 Å². The predicted molar refractivity (Wildman–Crippen MR) is 44.9 cm³/mol. The Bertz CT molecular complexity index is 376. The molecule has 14 heavy (non-hydrogen) atoms. The molecule has 4 nitrogen and oxygen atoms in total. The minimum absolute atomic E-state index is 0. The normalized spacial score (nSPS) is 8.93. The van der Waals surface area contributed by atoms with E-state index in [1.165, 1.54) is 6.07 Å². The Morgan fingerprint density at radius 3 is 2.43 bits per heavy atom. The van der Waals surface area contributed by atoms with Gasteiger partial charge in [0.05, 0.1) is 0 Å². The minimum atomic E-state index is -1.74. The van der Waals surface area contributed by atoms with Crippen molar-refractivity contribution in [1.29, 1.82) is 0 Å². The summed E-state index contributed by atoms with van der Waals surface area (Å²) in [5, 5.41) is 10.2. The van der Waals surface area contributed by atoms with Gasteiger partial charge in [0, 0.05) is 11.3 Å². The first-order valence-electron chi connectivity index (χ1n) is 3.65. The molecule has 0 fully saturated rings. The predicted octanol–water partition coefficient (Wildman–Crippen LogP) is -3.49. The van der Waals surface area contributed by atoms with Crippen LogP contribution in [0.5, 0.6) is 0 Å². The second-order valence-corrected chi connectivity index (χ2v) is 2.65. The number of para-hydroxylation sites is 1. The van der Waals surface area contributed by atoms with Gasteiger partial charge in [-0.1, -0.05) is 12.1 Å². The van der Waals surface area contributed by atoms with Crippen LogP contribution in [0.15, 0.2) is 18.2 Å². The number of carbonyl (C=O) groups excluding carboxylic acids is 2. The first kappa shape index (κ1) is 13.2. The number of aryl methyl sites for hydroxylation is 1. The summed E-state index contributed by atoms with van der Waals surface area (Å²) in [6, 6.07) is 4.63. The molecule has 0 amide bonds. The largest absolute Gasteiger partial charge is 1.00 e. The summed E-state index contributed by atoms with van der Waals surface area (Å²) in [7, 11) is 0. The van der Waals surface area contributed by atoms with Crippen LogP contribution in [0.1, 0.15) is 15.9 Å². The molecule has 0 aliphatic carbocycles. The van der Waals surface area contributed by atoms with Crippen molar-refractivity contribution >= 4 is 17.4 Å². The number of Topliss-reactive ketones (excluding diaryl/α,β-unsaturated/α-hetero) is 1. The summed E-state index contributed by atoms with van der Waals surface area (Å²) in [6.07, 6.45) is 0. The zero-order valence-corrected chi connectivity index (χ0v) is 10.0. The third-order valence-corrected chi connectivity index (χ3v) is 1.75. The molecule has 0 spiro atoms. The molecule has 0 heterocycles. The molecule has 0 aliphatic heterocycles. The zero-order chi connectivity index (χ0) is 10.0. The van der Waals surface area contributed by atoms with Crippen molar-refractivity contribution in [2.24, 2.45) is 0 Å². The monoisotopic (exact) mass is 201 g/mol. The van der Waals surface area contributed by atoms with E-state index in [1.807, 2.05) is 0 Å². The Hall–Kier alpha value is -0.840. The van der Waals surface area contributed by atoms with E-state index in [9.17, 15) is 14.7 Å². The summed E-state index contributed by atoms with van der Waals surface area (Å²) in [4.78, 5) is 21.2. The van der Waals surface area contributed by atoms with E-state index >= 15 is 0 Å². The molecule has 0 radical (unpaired) electrons. The van der Waals surface area contributed by atoms with Crippen molar-refractivity contribution in [2.45, 2.75) is 6.92 Å². The summed E-state index contributed by atoms with van der Waals surface area (Å²) < 4.78 is 0. The molecule has 0 unspecified atom stereocenters. The smallest absolute Gasteiger partial charge is 0.541 e. The Labute approximate surface area is 103 Å². The topological polar surface area (TPSA) is 83.2 Å². The number of ketones is 1. The fourth-order valence-electron chi connectivity index (χ4n) is 0.989. The number of rotatable bonds is 2.